The van der Waals surface area contributed by atoms with Crippen LogP contribution >= 0.6 is 23.1 Å². The van der Waals surface area contributed by atoms with E-state index < -0.39 is 16.9 Å². The summed E-state index contributed by atoms with van der Waals surface area (Å²) in [4.78, 5) is 43.5. The molecule has 186 valence electrons. The van der Waals surface area contributed by atoms with Gasteiger partial charge in [0, 0.05) is 11.0 Å². The zero-order chi connectivity index (χ0) is 26.0. The van der Waals surface area contributed by atoms with Crippen molar-refractivity contribution in [3.8, 4) is 5.75 Å². The number of ether oxygens (including phenoxy) is 2. The minimum Gasteiger partial charge on any atom is -0.490 e. The first-order valence-corrected chi connectivity index (χ1v) is 13.0. The third-order valence-corrected chi connectivity index (χ3v) is 7.37. The fourth-order valence-corrected chi connectivity index (χ4v) is 5.44. The number of nitro groups is 1. The number of aromatic nitrogens is 1. The summed E-state index contributed by atoms with van der Waals surface area (Å²) in [7, 11) is 1.36. The molecule has 36 heavy (non-hydrogen) atoms. The molecule has 0 aliphatic carbocycles. The number of nitrogens with zero attached hydrogens (tertiary/aromatic N) is 3. The van der Waals surface area contributed by atoms with Crippen molar-refractivity contribution in [2.75, 3.05) is 20.0 Å². The van der Waals surface area contributed by atoms with E-state index in [2.05, 4.69) is 4.99 Å². The number of rotatable bonds is 7. The zero-order valence-electron chi connectivity index (χ0n) is 20.0. The Morgan fingerprint density at radius 3 is 2.61 bits per heavy atom. The Morgan fingerprint density at radius 2 is 2.00 bits per heavy atom. The second-order valence-electron chi connectivity index (χ2n) is 7.76. The van der Waals surface area contributed by atoms with Crippen molar-refractivity contribution in [3.63, 3.8) is 0 Å². The molecule has 9 nitrogen and oxygen atoms in total. The van der Waals surface area contributed by atoms with Crippen LogP contribution in [0.25, 0.3) is 6.08 Å². The topological polar surface area (TPSA) is 113 Å². The fraction of sp³-hybridized carbons (Fsp3) is 0.240. The molecule has 0 spiro atoms. The van der Waals surface area contributed by atoms with Crippen LogP contribution in [0.2, 0.25) is 0 Å². The number of carbonyl (C=O) groups excluding carboxylic acids is 1. The predicted octanol–water partition coefficient (Wildman–Crippen LogP) is 3.44. The van der Waals surface area contributed by atoms with Gasteiger partial charge in [0.1, 0.15) is 0 Å². The third-order valence-electron chi connectivity index (χ3n) is 5.65. The van der Waals surface area contributed by atoms with Crippen LogP contribution in [0.5, 0.6) is 5.75 Å². The predicted molar refractivity (Wildman–Crippen MR) is 138 cm³/mol. The van der Waals surface area contributed by atoms with E-state index in [9.17, 15) is 19.7 Å². The highest BCUT2D eigenvalue weighted by Crippen LogP contribution is 2.32. The number of carbonyl (C=O) groups is 1. The molecule has 1 aromatic heterocycles. The van der Waals surface area contributed by atoms with E-state index in [4.69, 9.17) is 9.47 Å². The van der Waals surface area contributed by atoms with Gasteiger partial charge in [-0.3, -0.25) is 19.5 Å². The van der Waals surface area contributed by atoms with Crippen molar-refractivity contribution in [2.24, 2.45) is 4.99 Å². The molecule has 0 fully saturated rings. The van der Waals surface area contributed by atoms with E-state index in [-0.39, 0.29) is 23.6 Å². The number of methoxy groups -OCH3 is 1. The van der Waals surface area contributed by atoms with Gasteiger partial charge in [0.25, 0.3) is 5.56 Å². The molecule has 4 rings (SSSR count). The summed E-state index contributed by atoms with van der Waals surface area (Å²) in [6, 6.07) is 11.4. The number of nitro benzene ring substituents is 1. The van der Waals surface area contributed by atoms with Crippen molar-refractivity contribution in [1.29, 1.82) is 0 Å². The van der Waals surface area contributed by atoms with Gasteiger partial charge < -0.3 is 9.47 Å². The fourth-order valence-electron chi connectivity index (χ4n) is 3.98. The Kier molecular flexibility index (Phi) is 7.41. The second kappa shape index (κ2) is 10.5. The summed E-state index contributed by atoms with van der Waals surface area (Å²) in [5, 5.41) is 11.4. The first kappa shape index (κ1) is 25.4. The Bertz CT molecular complexity index is 1550. The molecule has 0 saturated heterocycles. The highest BCUT2D eigenvalue weighted by atomic mass is 32.2. The van der Waals surface area contributed by atoms with Crippen LogP contribution in [0.1, 0.15) is 31.0 Å². The number of hydrogen-bond donors (Lipinski definition) is 0. The average molecular weight is 526 g/mol. The standard InChI is InChI=1S/C25H23N3O6S2/c1-5-34-24(30)21-14(2)26-25-27(22(21)16-7-9-17(35-4)10-8-16)23(29)20(36-25)13-15-6-11-19(33-3)18(12-15)28(31)32/h6-13,22H,5H2,1-4H3/b20-13-/t22-/m0/s1. The number of hydrogen-bond acceptors (Lipinski definition) is 9. The molecule has 0 unspecified atom stereocenters. The van der Waals surface area contributed by atoms with Crippen molar-refractivity contribution in [2.45, 2.75) is 24.8 Å². The van der Waals surface area contributed by atoms with E-state index >= 15 is 0 Å². The van der Waals surface area contributed by atoms with Crippen molar-refractivity contribution in [3.05, 3.63) is 94.7 Å². The summed E-state index contributed by atoms with van der Waals surface area (Å²) in [6.45, 7) is 3.63. The van der Waals surface area contributed by atoms with Gasteiger partial charge in [-0.15, -0.1) is 11.8 Å². The molecule has 11 heteroatoms. The Balaban J connectivity index is 1.92. The van der Waals surface area contributed by atoms with Gasteiger partial charge >= 0.3 is 11.7 Å². The zero-order valence-corrected chi connectivity index (χ0v) is 21.6. The molecular weight excluding hydrogens is 502 g/mol. The first-order chi connectivity index (χ1) is 17.3. The Hall–Kier alpha value is -3.70. The summed E-state index contributed by atoms with van der Waals surface area (Å²) >= 11 is 2.74. The van der Waals surface area contributed by atoms with Crippen LogP contribution in [-0.4, -0.2) is 35.4 Å². The average Bonchev–Trinajstić information content (AvgIpc) is 3.17. The van der Waals surface area contributed by atoms with Gasteiger partial charge in [-0.05, 0) is 55.5 Å². The lowest BCUT2D eigenvalue weighted by Crippen LogP contribution is -2.39. The second-order valence-corrected chi connectivity index (χ2v) is 9.65. The van der Waals surface area contributed by atoms with E-state index in [0.29, 0.717) is 26.2 Å². The molecule has 2 aromatic carbocycles. The maximum atomic E-state index is 13.6. The maximum absolute atomic E-state index is 13.6. The van der Waals surface area contributed by atoms with Gasteiger partial charge in [-0.25, -0.2) is 9.79 Å². The van der Waals surface area contributed by atoms with Crippen molar-refractivity contribution >= 4 is 40.8 Å². The Morgan fingerprint density at radius 1 is 1.28 bits per heavy atom. The minimum atomic E-state index is -0.719. The van der Waals surface area contributed by atoms with E-state index in [1.807, 2.05) is 30.5 Å². The van der Waals surface area contributed by atoms with Gasteiger partial charge in [0.15, 0.2) is 10.6 Å². The smallest absolute Gasteiger partial charge is 0.338 e. The highest BCUT2D eigenvalue weighted by molar-refractivity contribution is 7.98. The molecule has 0 saturated carbocycles. The lowest BCUT2D eigenvalue weighted by molar-refractivity contribution is -0.385. The lowest BCUT2D eigenvalue weighted by atomic mass is 9.96. The number of thioether (sulfide) groups is 1. The maximum Gasteiger partial charge on any atom is 0.338 e. The highest BCUT2D eigenvalue weighted by Gasteiger charge is 2.33. The van der Waals surface area contributed by atoms with Crippen LogP contribution in [0, 0.1) is 10.1 Å². The molecule has 0 amide bonds. The van der Waals surface area contributed by atoms with Gasteiger partial charge in [-0.2, -0.15) is 0 Å². The normalized spacial score (nSPS) is 15.3. The molecule has 0 N–H and O–H groups in total. The number of benzene rings is 2. The number of thiazole rings is 1. The van der Waals surface area contributed by atoms with Crippen molar-refractivity contribution < 1.29 is 19.2 Å². The SMILES string of the molecule is CCOC(=O)C1=C(C)N=c2s/c(=C\c3ccc(OC)c([N+](=O)[O-])c3)c(=O)n2[C@H]1c1ccc(SC)cc1. The molecule has 2 heterocycles. The van der Waals surface area contributed by atoms with E-state index in [0.717, 1.165) is 21.8 Å². The summed E-state index contributed by atoms with van der Waals surface area (Å²) in [6.07, 6.45) is 3.54. The summed E-state index contributed by atoms with van der Waals surface area (Å²) < 4.78 is 12.2. The molecular formula is C25H23N3O6S2. The van der Waals surface area contributed by atoms with Crippen LogP contribution in [0.3, 0.4) is 0 Å². The number of fused-ring (bicyclic) bond motifs is 1. The largest absolute Gasteiger partial charge is 0.490 e. The lowest BCUT2D eigenvalue weighted by Gasteiger charge is -2.24. The number of esters is 1. The van der Waals surface area contributed by atoms with Crippen LogP contribution in [0.15, 0.2) is 68.4 Å². The Labute approximate surface area is 214 Å². The van der Waals surface area contributed by atoms with Gasteiger partial charge in [-0.1, -0.05) is 29.5 Å². The van der Waals surface area contributed by atoms with Gasteiger partial charge in [0.2, 0.25) is 0 Å². The summed E-state index contributed by atoms with van der Waals surface area (Å²) in [5.41, 5.74) is 1.43. The molecule has 0 bridgehead atoms. The third kappa shape index (κ3) is 4.71. The monoisotopic (exact) mass is 525 g/mol. The van der Waals surface area contributed by atoms with E-state index in [1.54, 1.807) is 37.8 Å². The molecule has 0 radical (unpaired) electrons. The molecule has 3 aromatic rings. The van der Waals surface area contributed by atoms with Gasteiger partial charge in [0.05, 0.1) is 40.5 Å². The van der Waals surface area contributed by atoms with Crippen LogP contribution in [0.4, 0.5) is 5.69 Å². The number of allylic oxidation sites excluding steroid dienone is 1. The van der Waals surface area contributed by atoms with Crippen LogP contribution < -0.4 is 19.6 Å². The molecule has 1 atom stereocenters. The summed E-state index contributed by atoms with van der Waals surface area (Å²) in [5.74, 6) is -0.403. The van der Waals surface area contributed by atoms with Crippen LogP contribution in [-0.2, 0) is 9.53 Å². The molecule has 1 aliphatic heterocycles. The quantitative estimate of drug-likeness (QED) is 0.201. The first-order valence-electron chi connectivity index (χ1n) is 10.9. The minimum absolute atomic E-state index is 0.127. The molecule has 1 aliphatic rings. The van der Waals surface area contributed by atoms with E-state index in [1.165, 1.54) is 23.8 Å². The van der Waals surface area contributed by atoms with Crippen molar-refractivity contribution in [1.82, 2.24) is 4.57 Å².